The van der Waals surface area contributed by atoms with Gasteiger partial charge in [0.2, 0.25) is 5.92 Å². The molecule has 0 bridgehead atoms. The van der Waals surface area contributed by atoms with Crippen molar-refractivity contribution < 1.29 is 27.8 Å². The first-order valence-corrected chi connectivity index (χ1v) is 10.4. The minimum Gasteiger partial charge on any atom is -0.464 e. The van der Waals surface area contributed by atoms with Gasteiger partial charge in [-0.3, -0.25) is 0 Å². The third-order valence-corrected chi connectivity index (χ3v) is 5.86. The van der Waals surface area contributed by atoms with Crippen LogP contribution < -0.4 is 4.90 Å². The monoisotopic (exact) mass is 439 g/mol. The van der Waals surface area contributed by atoms with Gasteiger partial charge in [-0.15, -0.1) is 0 Å². The van der Waals surface area contributed by atoms with Crippen LogP contribution in [0.2, 0.25) is 0 Å². The normalized spacial score (nSPS) is 21.9. The Hall–Kier alpha value is -2.45. The number of methoxy groups -OCH3 is 1. The molecule has 1 atom stereocenters. The molecule has 1 aliphatic carbocycles. The molecule has 9 heteroatoms. The molecule has 1 saturated carbocycles. The molecular weight excluding hydrogens is 408 g/mol. The van der Waals surface area contributed by atoms with Crippen LogP contribution >= 0.6 is 0 Å². The maximum absolute atomic E-state index is 13.8. The van der Waals surface area contributed by atoms with Crippen molar-refractivity contribution in [1.82, 2.24) is 9.88 Å². The lowest BCUT2D eigenvalue weighted by Crippen LogP contribution is -2.54. The van der Waals surface area contributed by atoms with Crippen LogP contribution in [-0.2, 0) is 9.47 Å². The van der Waals surface area contributed by atoms with Gasteiger partial charge in [0.1, 0.15) is 11.4 Å². The molecule has 31 heavy (non-hydrogen) atoms. The summed E-state index contributed by atoms with van der Waals surface area (Å²) in [6.07, 6.45) is 0.0542. The molecule has 0 aromatic carbocycles. The van der Waals surface area contributed by atoms with Crippen molar-refractivity contribution in [2.45, 2.75) is 64.0 Å². The van der Waals surface area contributed by atoms with Gasteiger partial charge in [-0.2, -0.15) is 0 Å². The van der Waals surface area contributed by atoms with Crippen LogP contribution in [0.25, 0.3) is 0 Å². The summed E-state index contributed by atoms with van der Waals surface area (Å²) in [6, 6.07) is 2.78. The lowest BCUT2D eigenvalue weighted by molar-refractivity contribution is -0.183. The number of esters is 1. The number of hydrogen-bond acceptors (Lipinski definition) is 6. The van der Waals surface area contributed by atoms with Crippen LogP contribution in [0.1, 0.15) is 68.5 Å². The van der Waals surface area contributed by atoms with Crippen molar-refractivity contribution in [3.63, 3.8) is 0 Å². The fraction of sp³-hybridized carbons (Fsp3) is 0.682. The Labute approximate surface area is 181 Å². The third-order valence-electron chi connectivity index (χ3n) is 5.86. The van der Waals surface area contributed by atoms with Gasteiger partial charge in [0.15, 0.2) is 5.69 Å². The molecule has 2 fully saturated rings. The number of anilines is 1. The summed E-state index contributed by atoms with van der Waals surface area (Å²) in [5.41, 5.74) is -0.369. The molecule has 3 rings (SSSR count). The van der Waals surface area contributed by atoms with Crippen LogP contribution in [0.5, 0.6) is 0 Å². The second-order valence-corrected chi connectivity index (χ2v) is 9.85. The van der Waals surface area contributed by atoms with E-state index in [0.717, 1.165) is 0 Å². The highest BCUT2D eigenvalue weighted by Gasteiger charge is 2.59. The molecular formula is C22H31F2N3O4. The second-order valence-electron chi connectivity index (χ2n) is 9.85. The van der Waals surface area contributed by atoms with E-state index in [4.69, 9.17) is 9.47 Å². The number of pyridine rings is 1. The van der Waals surface area contributed by atoms with E-state index >= 15 is 0 Å². The van der Waals surface area contributed by atoms with E-state index in [-0.39, 0.29) is 18.5 Å². The minimum absolute atomic E-state index is 0.138. The summed E-state index contributed by atoms with van der Waals surface area (Å²) in [7, 11) is 4.83. The summed E-state index contributed by atoms with van der Waals surface area (Å²) in [4.78, 5) is 32.7. The molecule has 2 aliphatic rings. The zero-order valence-electron chi connectivity index (χ0n) is 19.0. The fourth-order valence-corrected chi connectivity index (χ4v) is 4.62. The Balaban J connectivity index is 2.01. The number of likely N-dealkylation sites (tertiary alicyclic amines) is 1. The van der Waals surface area contributed by atoms with Crippen LogP contribution in [0.15, 0.2) is 12.1 Å². The summed E-state index contributed by atoms with van der Waals surface area (Å²) >= 11 is 0. The number of halogens is 2. The Kier molecular flexibility index (Phi) is 5.92. The summed E-state index contributed by atoms with van der Waals surface area (Å²) < 4.78 is 37.9. The second kappa shape index (κ2) is 7.91. The van der Waals surface area contributed by atoms with Crippen molar-refractivity contribution in [2.24, 2.45) is 5.41 Å². The summed E-state index contributed by atoms with van der Waals surface area (Å²) in [6.45, 7) is 5.68. The molecule has 0 radical (unpaired) electrons. The van der Waals surface area contributed by atoms with Gasteiger partial charge in [0.25, 0.3) is 0 Å². The molecule has 1 spiro atoms. The molecule has 1 saturated heterocycles. The molecule has 1 aliphatic heterocycles. The third kappa shape index (κ3) is 4.91. The largest absolute Gasteiger partial charge is 0.464 e. The number of piperidine rings is 1. The lowest BCUT2D eigenvalue weighted by Gasteiger charge is -2.54. The van der Waals surface area contributed by atoms with Crippen LogP contribution in [0.4, 0.5) is 19.4 Å². The molecule has 0 N–H and O–H groups in total. The van der Waals surface area contributed by atoms with Crippen LogP contribution in [0.3, 0.4) is 0 Å². The predicted molar refractivity (Wildman–Crippen MR) is 111 cm³/mol. The Morgan fingerprint density at radius 3 is 2.39 bits per heavy atom. The highest BCUT2D eigenvalue weighted by atomic mass is 19.3. The average molecular weight is 440 g/mol. The van der Waals surface area contributed by atoms with Crippen LogP contribution in [-0.4, -0.2) is 61.2 Å². The van der Waals surface area contributed by atoms with Gasteiger partial charge in [0.05, 0.1) is 13.2 Å². The zero-order chi connectivity index (χ0) is 23.2. The quantitative estimate of drug-likeness (QED) is 0.649. The number of nitrogens with zero attached hydrogens (tertiary/aromatic N) is 3. The first-order valence-electron chi connectivity index (χ1n) is 10.4. The van der Waals surface area contributed by atoms with E-state index in [2.05, 4.69) is 4.98 Å². The highest BCUT2D eigenvalue weighted by Crippen LogP contribution is 2.60. The number of carbonyl (C=O) groups is 2. The van der Waals surface area contributed by atoms with Gasteiger partial charge < -0.3 is 19.3 Å². The molecule has 1 aromatic rings. The maximum atomic E-state index is 13.8. The molecule has 172 valence electrons. The van der Waals surface area contributed by atoms with Crippen molar-refractivity contribution >= 4 is 17.9 Å². The fourth-order valence-electron chi connectivity index (χ4n) is 4.62. The highest BCUT2D eigenvalue weighted by molar-refractivity contribution is 5.87. The average Bonchev–Trinajstić information content (AvgIpc) is 2.63. The van der Waals surface area contributed by atoms with E-state index in [1.165, 1.54) is 13.2 Å². The van der Waals surface area contributed by atoms with Gasteiger partial charge in [-0.25, -0.2) is 23.4 Å². The smallest absolute Gasteiger partial charge is 0.410 e. The molecule has 1 unspecified atom stereocenters. The Morgan fingerprint density at radius 2 is 1.87 bits per heavy atom. The standard InChI is InChI=1S/C22H31F2N3O4/c1-20(2,3)31-19(29)27-10-9-21(12-22(23,24)13-21)11-16(27)14-7-8-15(18(28)30-6)25-17(14)26(4)5/h7-8,16H,9-13H2,1-6H3. The number of aromatic nitrogens is 1. The first kappa shape index (κ1) is 23.2. The number of hydrogen-bond donors (Lipinski definition) is 0. The van der Waals surface area contributed by atoms with E-state index < -0.39 is 35.0 Å². The topological polar surface area (TPSA) is 72.0 Å². The summed E-state index contributed by atoms with van der Waals surface area (Å²) in [5, 5.41) is 0. The van der Waals surface area contributed by atoms with Crippen LogP contribution in [0, 0.1) is 5.41 Å². The van der Waals surface area contributed by atoms with E-state index in [9.17, 15) is 18.4 Å². The predicted octanol–water partition coefficient (Wildman–Crippen LogP) is 4.42. The van der Waals surface area contributed by atoms with Crippen molar-refractivity contribution in [1.29, 1.82) is 0 Å². The van der Waals surface area contributed by atoms with Gasteiger partial charge in [0, 0.05) is 39.0 Å². The molecule has 7 nitrogen and oxygen atoms in total. The molecule has 1 amide bonds. The van der Waals surface area contributed by atoms with Crippen molar-refractivity contribution in [2.75, 3.05) is 32.6 Å². The van der Waals surface area contributed by atoms with Crippen molar-refractivity contribution in [3.8, 4) is 0 Å². The number of amides is 1. The van der Waals surface area contributed by atoms with Gasteiger partial charge >= 0.3 is 12.1 Å². The van der Waals surface area contributed by atoms with E-state index in [1.54, 1.807) is 50.7 Å². The molecule has 1 aromatic heterocycles. The summed E-state index contributed by atoms with van der Waals surface area (Å²) in [5.74, 6) is -2.74. The number of rotatable bonds is 3. The molecule has 2 heterocycles. The zero-order valence-corrected chi connectivity index (χ0v) is 19.0. The number of carbonyl (C=O) groups excluding carboxylic acids is 2. The maximum Gasteiger partial charge on any atom is 0.410 e. The first-order chi connectivity index (χ1) is 14.3. The van der Waals surface area contributed by atoms with Gasteiger partial charge in [-0.1, -0.05) is 6.07 Å². The number of ether oxygens (including phenoxy) is 2. The van der Waals surface area contributed by atoms with E-state index in [0.29, 0.717) is 30.8 Å². The Morgan fingerprint density at radius 1 is 1.23 bits per heavy atom. The SMILES string of the molecule is COC(=O)c1ccc(C2CC3(CCN2C(=O)OC(C)(C)C)CC(F)(F)C3)c(N(C)C)n1. The van der Waals surface area contributed by atoms with Gasteiger partial charge in [-0.05, 0) is 45.1 Å². The van der Waals surface area contributed by atoms with Crippen molar-refractivity contribution in [3.05, 3.63) is 23.4 Å². The minimum atomic E-state index is -2.66. The van der Waals surface area contributed by atoms with E-state index in [1.807, 2.05) is 0 Å². The Bertz CT molecular complexity index is 859. The number of alkyl halides is 2. The lowest BCUT2D eigenvalue weighted by atomic mass is 9.59.